The summed E-state index contributed by atoms with van der Waals surface area (Å²) < 4.78 is 25.8. The first-order chi connectivity index (χ1) is 16.3. The number of hydrogen-bond donors (Lipinski definition) is 1. The van der Waals surface area contributed by atoms with Gasteiger partial charge in [0, 0.05) is 32.7 Å². The van der Waals surface area contributed by atoms with Crippen LogP contribution in [0.3, 0.4) is 0 Å². The molecule has 2 aliphatic rings. The number of anilines is 1. The third-order valence-electron chi connectivity index (χ3n) is 7.03. The molecule has 3 heterocycles. The van der Waals surface area contributed by atoms with Gasteiger partial charge in [-0.2, -0.15) is 5.10 Å². The lowest BCUT2D eigenvalue weighted by Crippen LogP contribution is -2.52. The second-order valence-corrected chi connectivity index (χ2v) is 11.5. The molecular weight excluding hydrogens is 450 g/mol. The third kappa shape index (κ3) is 4.36. The summed E-state index contributed by atoms with van der Waals surface area (Å²) >= 11 is 0. The monoisotopic (exact) mass is 481 g/mol. The lowest BCUT2D eigenvalue weighted by Gasteiger charge is -2.36. The zero-order chi connectivity index (χ0) is 23.9. The van der Waals surface area contributed by atoms with E-state index >= 15 is 0 Å². The van der Waals surface area contributed by atoms with Gasteiger partial charge in [-0.05, 0) is 36.6 Å². The molecule has 1 unspecified atom stereocenters. The molecule has 1 atom stereocenters. The van der Waals surface area contributed by atoms with Gasteiger partial charge in [0.25, 0.3) is 0 Å². The van der Waals surface area contributed by atoms with Gasteiger partial charge in [-0.25, -0.2) is 13.2 Å². The molecule has 1 N–H and O–H groups in total. The first kappa shape index (κ1) is 22.7. The maximum absolute atomic E-state index is 12.8. The van der Waals surface area contributed by atoms with E-state index in [9.17, 15) is 13.2 Å². The predicted molar refractivity (Wildman–Crippen MR) is 134 cm³/mol. The van der Waals surface area contributed by atoms with Crippen molar-refractivity contribution in [3.63, 3.8) is 0 Å². The largest absolute Gasteiger partial charge is 0.365 e. The molecule has 0 saturated carbocycles. The molecule has 2 saturated heterocycles. The number of rotatable bonds is 4. The molecule has 2 aliphatic heterocycles. The number of hydrogen-bond acceptors (Lipinski definition) is 5. The number of fused-ring (bicyclic) bond motifs is 1. The van der Waals surface area contributed by atoms with Crippen LogP contribution in [-0.4, -0.2) is 66.8 Å². The minimum atomic E-state index is -2.97. The average molecular weight is 482 g/mol. The number of carbonyl (C=O) groups is 1. The maximum atomic E-state index is 12.8. The van der Waals surface area contributed by atoms with E-state index < -0.39 is 9.84 Å². The Bertz CT molecular complexity index is 1320. The number of piperazine rings is 1. The van der Waals surface area contributed by atoms with Gasteiger partial charge in [0.2, 0.25) is 0 Å². The maximum Gasteiger partial charge on any atom is 0.317 e. The summed E-state index contributed by atoms with van der Waals surface area (Å²) in [5.74, 6) is 0.400. The van der Waals surface area contributed by atoms with Crippen LogP contribution in [0.2, 0.25) is 0 Å². The molecule has 5 rings (SSSR count). The SMILES string of the molecule is Cc1nn(C2CCS(=O)(=O)C2)c(C)c1N1CCN(C(=O)NCc2cccc3ccccc23)CC1. The predicted octanol–water partition coefficient (Wildman–Crippen LogP) is 3.04. The standard InChI is InChI=1S/C25H31N5O3S/c1-18-24(19(2)30(27-18)22-10-15-34(32,33)17-22)28-11-13-29(14-12-28)25(31)26-16-21-8-5-7-20-6-3-4-9-23(20)21/h3-9,22H,10-17H2,1-2H3,(H,26,31). The number of nitrogens with zero attached hydrogens (tertiary/aromatic N) is 4. The molecule has 0 spiro atoms. The number of aromatic nitrogens is 2. The summed E-state index contributed by atoms with van der Waals surface area (Å²) in [6.07, 6.45) is 0.619. The van der Waals surface area contributed by atoms with E-state index in [0.717, 1.165) is 41.1 Å². The Kier molecular flexibility index (Phi) is 5.97. The van der Waals surface area contributed by atoms with Gasteiger partial charge in [-0.1, -0.05) is 42.5 Å². The first-order valence-corrected chi connectivity index (χ1v) is 13.6. The molecule has 180 valence electrons. The average Bonchev–Trinajstić information content (AvgIpc) is 3.35. The van der Waals surface area contributed by atoms with E-state index in [1.807, 2.05) is 41.6 Å². The number of urea groups is 1. The molecule has 34 heavy (non-hydrogen) atoms. The summed E-state index contributed by atoms with van der Waals surface area (Å²) in [6.45, 7) is 7.19. The number of benzene rings is 2. The summed E-state index contributed by atoms with van der Waals surface area (Å²) in [5.41, 5.74) is 4.10. The molecule has 0 bridgehead atoms. The highest BCUT2D eigenvalue weighted by Gasteiger charge is 2.33. The number of carbonyl (C=O) groups excluding carboxylic acids is 1. The number of nitrogens with one attached hydrogen (secondary N) is 1. The van der Waals surface area contributed by atoms with Gasteiger partial charge in [0.15, 0.2) is 9.84 Å². The van der Waals surface area contributed by atoms with Crippen molar-refractivity contribution in [2.45, 2.75) is 32.9 Å². The van der Waals surface area contributed by atoms with Crippen LogP contribution in [-0.2, 0) is 16.4 Å². The minimum absolute atomic E-state index is 0.0483. The Morgan fingerprint density at radius 2 is 1.79 bits per heavy atom. The van der Waals surface area contributed by atoms with Crippen molar-refractivity contribution in [1.29, 1.82) is 0 Å². The van der Waals surface area contributed by atoms with Crippen LogP contribution < -0.4 is 10.2 Å². The highest BCUT2D eigenvalue weighted by molar-refractivity contribution is 7.91. The molecule has 0 radical (unpaired) electrons. The van der Waals surface area contributed by atoms with Gasteiger partial charge < -0.3 is 15.1 Å². The molecule has 2 fully saturated rings. The molecule has 2 aromatic carbocycles. The zero-order valence-corrected chi connectivity index (χ0v) is 20.5. The lowest BCUT2D eigenvalue weighted by molar-refractivity contribution is 0.194. The molecule has 1 aromatic heterocycles. The minimum Gasteiger partial charge on any atom is -0.365 e. The van der Waals surface area contributed by atoms with Crippen LogP contribution in [0.25, 0.3) is 10.8 Å². The van der Waals surface area contributed by atoms with Crippen molar-refractivity contribution >= 4 is 32.3 Å². The fourth-order valence-corrected chi connectivity index (χ4v) is 6.99. The van der Waals surface area contributed by atoms with Crippen LogP contribution >= 0.6 is 0 Å². The van der Waals surface area contributed by atoms with Crippen LogP contribution in [0.4, 0.5) is 10.5 Å². The van der Waals surface area contributed by atoms with E-state index in [4.69, 9.17) is 5.10 Å². The highest BCUT2D eigenvalue weighted by Crippen LogP contribution is 2.31. The lowest BCUT2D eigenvalue weighted by atomic mass is 10.0. The fraction of sp³-hybridized carbons (Fsp3) is 0.440. The van der Waals surface area contributed by atoms with E-state index in [2.05, 4.69) is 34.5 Å². The molecule has 2 amide bonds. The fourth-order valence-electron chi connectivity index (χ4n) is 5.30. The van der Waals surface area contributed by atoms with E-state index in [-0.39, 0.29) is 23.6 Å². The Morgan fingerprint density at radius 1 is 1.06 bits per heavy atom. The Labute approximate surface area is 200 Å². The topological polar surface area (TPSA) is 87.5 Å². The van der Waals surface area contributed by atoms with E-state index in [1.54, 1.807) is 0 Å². The molecule has 8 nitrogen and oxygen atoms in total. The molecule has 9 heteroatoms. The van der Waals surface area contributed by atoms with Crippen molar-refractivity contribution in [1.82, 2.24) is 20.0 Å². The molecule has 0 aliphatic carbocycles. The van der Waals surface area contributed by atoms with Crippen molar-refractivity contribution in [2.24, 2.45) is 0 Å². The van der Waals surface area contributed by atoms with Gasteiger partial charge >= 0.3 is 6.03 Å². The molecule has 3 aromatic rings. The van der Waals surface area contributed by atoms with Crippen LogP contribution in [0, 0.1) is 13.8 Å². The first-order valence-electron chi connectivity index (χ1n) is 11.8. The summed E-state index contributed by atoms with van der Waals surface area (Å²) in [4.78, 5) is 17.0. The smallest absolute Gasteiger partial charge is 0.317 e. The summed E-state index contributed by atoms with van der Waals surface area (Å²) in [7, 11) is -2.97. The van der Waals surface area contributed by atoms with E-state index in [0.29, 0.717) is 26.1 Å². The van der Waals surface area contributed by atoms with Crippen LogP contribution in [0.15, 0.2) is 42.5 Å². The zero-order valence-electron chi connectivity index (χ0n) is 19.7. The number of aryl methyl sites for hydroxylation is 1. The van der Waals surface area contributed by atoms with Gasteiger partial charge in [0.1, 0.15) is 0 Å². The number of sulfone groups is 1. The second-order valence-electron chi connectivity index (χ2n) is 9.29. The van der Waals surface area contributed by atoms with Gasteiger partial charge in [-0.3, -0.25) is 4.68 Å². The van der Waals surface area contributed by atoms with Crippen molar-refractivity contribution in [2.75, 3.05) is 42.6 Å². The second kappa shape index (κ2) is 8.94. The van der Waals surface area contributed by atoms with Gasteiger partial charge in [-0.15, -0.1) is 0 Å². The van der Waals surface area contributed by atoms with Crippen LogP contribution in [0.1, 0.15) is 29.4 Å². The van der Waals surface area contributed by atoms with Crippen LogP contribution in [0.5, 0.6) is 0 Å². The third-order valence-corrected chi connectivity index (χ3v) is 8.78. The quantitative estimate of drug-likeness (QED) is 0.619. The highest BCUT2D eigenvalue weighted by atomic mass is 32.2. The Morgan fingerprint density at radius 3 is 2.53 bits per heavy atom. The molecular formula is C25H31N5O3S. The van der Waals surface area contributed by atoms with Crippen molar-refractivity contribution < 1.29 is 13.2 Å². The van der Waals surface area contributed by atoms with Crippen molar-refractivity contribution in [3.05, 3.63) is 59.4 Å². The van der Waals surface area contributed by atoms with Gasteiger partial charge in [0.05, 0.1) is 34.6 Å². The normalized spacial score (nSPS) is 20.1. The summed E-state index contributed by atoms with van der Waals surface area (Å²) in [5, 5.41) is 10.1. The Balaban J connectivity index is 1.21. The summed E-state index contributed by atoms with van der Waals surface area (Å²) in [6, 6.07) is 14.2. The van der Waals surface area contributed by atoms with E-state index in [1.165, 1.54) is 5.39 Å². The Hall–Kier alpha value is -3.07. The van der Waals surface area contributed by atoms with Crippen molar-refractivity contribution in [3.8, 4) is 0 Å². The number of amides is 2.